The Kier molecular flexibility index (Phi) is 5.27. The van der Waals surface area contributed by atoms with Crippen LogP contribution in [-0.4, -0.2) is 34.9 Å². The Balaban J connectivity index is 1.70. The zero-order chi connectivity index (χ0) is 21.3. The molecule has 1 atom stereocenters. The molecular formula is C19H15ClF2N6O2. The van der Waals surface area contributed by atoms with Crippen LogP contribution in [0.2, 0.25) is 5.02 Å². The van der Waals surface area contributed by atoms with Gasteiger partial charge in [-0.2, -0.15) is 5.10 Å². The van der Waals surface area contributed by atoms with Crippen LogP contribution >= 0.6 is 11.6 Å². The molecule has 30 heavy (non-hydrogen) atoms. The third kappa shape index (κ3) is 3.79. The van der Waals surface area contributed by atoms with E-state index in [4.69, 9.17) is 11.6 Å². The molecule has 0 saturated heterocycles. The third-order valence-electron chi connectivity index (χ3n) is 4.76. The molecule has 2 aromatic carbocycles. The highest BCUT2D eigenvalue weighted by Gasteiger charge is 2.33. The van der Waals surface area contributed by atoms with Crippen molar-refractivity contribution < 1.29 is 13.9 Å². The number of hydrogen-bond donors (Lipinski definition) is 1. The summed E-state index contributed by atoms with van der Waals surface area (Å²) in [4.78, 5) is 16.5. The van der Waals surface area contributed by atoms with Gasteiger partial charge in [0.05, 0.1) is 17.0 Å². The fraction of sp³-hybridized carbons (Fsp3) is 0.211. The van der Waals surface area contributed by atoms with E-state index in [0.717, 1.165) is 16.8 Å². The fourth-order valence-corrected chi connectivity index (χ4v) is 3.47. The van der Waals surface area contributed by atoms with E-state index >= 15 is 0 Å². The second-order valence-electron chi connectivity index (χ2n) is 6.75. The smallest absolute Gasteiger partial charge is 0.277 e. The van der Waals surface area contributed by atoms with Crippen LogP contribution < -0.4 is 5.56 Å². The van der Waals surface area contributed by atoms with Gasteiger partial charge < -0.3 is 5.11 Å². The number of aliphatic hydroxyl groups is 1. The Morgan fingerprint density at radius 1 is 1.20 bits per heavy atom. The molecule has 2 heterocycles. The Morgan fingerprint density at radius 2 is 2.03 bits per heavy atom. The maximum Gasteiger partial charge on any atom is 0.277 e. The number of aryl methyl sites for hydroxylation is 1. The SMILES string of the molecule is O=c1c2cccc(Cl)c2nnn1CCC(O)(Cn1cncn1)c1ccc(F)cc1F. The molecule has 154 valence electrons. The molecule has 2 aromatic heterocycles. The lowest BCUT2D eigenvalue weighted by Gasteiger charge is -2.29. The molecule has 4 aromatic rings. The first-order valence-corrected chi connectivity index (χ1v) is 9.27. The van der Waals surface area contributed by atoms with E-state index in [2.05, 4.69) is 20.4 Å². The third-order valence-corrected chi connectivity index (χ3v) is 5.07. The Bertz CT molecular complexity index is 1260. The van der Waals surface area contributed by atoms with Crippen LogP contribution in [0.1, 0.15) is 12.0 Å². The number of hydrogen-bond acceptors (Lipinski definition) is 6. The zero-order valence-corrected chi connectivity index (χ0v) is 16.2. The number of fused-ring (bicyclic) bond motifs is 1. The second-order valence-corrected chi connectivity index (χ2v) is 7.16. The first-order chi connectivity index (χ1) is 14.4. The summed E-state index contributed by atoms with van der Waals surface area (Å²) in [5, 5.41) is 23.6. The first-order valence-electron chi connectivity index (χ1n) is 8.90. The highest BCUT2D eigenvalue weighted by atomic mass is 35.5. The Labute approximate surface area is 173 Å². The lowest BCUT2D eigenvalue weighted by Crippen LogP contribution is -2.36. The number of rotatable bonds is 6. The van der Waals surface area contributed by atoms with Crippen molar-refractivity contribution in [2.45, 2.75) is 25.1 Å². The summed E-state index contributed by atoms with van der Waals surface area (Å²) < 4.78 is 30.2. The van der Waals surface area contributed by atoms with Gasteiger partial charge >= 0.3 is 0 Å². The minimum absolute atomic E-state index is 0.0870. The topological polar surface area (TPSA) is 98.7 Å². The van der Waals surface area contributed by atoms with Crippen molar-refractivity contribution >= 4 is 22.5 Å². The molecule has 0 spiro atoms. The van der Waals surface area contributed by atoms with E-state index in [1.807, 2.05) is 0 Å². The molecule has 0 aliphatic rings. The minimum atomic E-state index is -1.82. The number of halogens is 3. The van der Waals surface area contributed by atoms with Gasteiger partial charge in [0.25, 0.3) is 5.56 Å². The van der Waals surface area contributed by atoms with Gasteiger partial charge in [-0.1, -0.05) is 28.9 Å². The normalized spacial score (nSPS) is 13.5. The van der Waals surface area contributed by atoms with Crippen LogP contribution in [0.3, 0.4) is 0 Å². The predicted molar refractivity (Wildman–Crippen MR) is 104 cm³/mol. The molecule has 0 bridgehead atoms. The lowest BCUT2D eigenvalue weighted by molar-refractivity contribution is -0.00227. The quantitative estimate of drug-likeness (QED) is 0.502. The van der Waals surface area contributed by atoms with Gasteiger partial charge in [-0.3, -0.25) is 4.79 Å². The molecule has 0 aliphatic carbocycles. The number of aromatic nitrogens is 6. The predicted octanol–water partition coefficient (Wildman–Crippen LogP) is 2.29. The van der Waals surface area contributed by atoms with Crippen molar-refractivity contribution in [2.75, 3.05) is 0 Å². The molecule has 1 N–H and O–H groups in total. The maximum absolute atomic E-state index is 14.5. The fourth-order valence-electron chi connectivity index (χ4n) is 3.25. The number of nitrogens with zero attached hydrogens (tertiary/aromatic N) is 6. The summed E-state index contributed by atoms with van der Waals surface area (Å²) in [6, 6.07) is 7.68. The van der Waals surface area contributed by atoms with Gasteiger partial charge in [0, 0.05) is 24.6 Å². The van der Waals surface area contributed by atoms with E-state index in [1.165, 1.54) is 17.3 Å². The molecule has 0 aliphatic heterocycles. The molecule has 11 heteroatoms. The lowest BCUT2D eigenvalue weighted by atomic mass is 9.89. The minimum Gasteiger partial charge on any atom is -0.383 e. The molecule has 0 fully saturated rings. The van der Waals surface area contributed by atoms with Gasteiger partial charge in [0.1, 0.15) is 35.4 Å². The molecule has 0 saturated carbocycles. The van der Waals surface area contributed by atoms with Crippen molar-refractivity contribution in [1.82, 2.24) is 29.8 Å². The van der Waals surface area contributed by atoms with Crippen molar-refractivity contribution in [3.8, 4) is 0 Å². The van der Waals surface area contributed by atoms with Crippen LogP contribution in [0.15, 0.2) is 53.8 Å². The molecule has 8 nitrogen and oxygen atoms in total. The van der Waals surface area contributed by atoms with Gasteiger partial charge in [-0.05, 0) is 18.2 Å². The molecular weight excluding hydrogens is 418 g/mol. The highest BCUT2D eigenvalue weighted by Crippen LogP contribution is 2.30. The van der Waals surface area contributed by atoms with Crippen LogP contribution in [0, 0.1) is 11.6 Å². The molecule has 0 radical (unpaired) electrons. The van der Waals surface area contributed by atoms with Crippen LogP contribution in [0.25, 0.3) is 10.9 Å². The van der Waals surface area contributed by atoms with Crippen molar-refractivity contribution in [2.24, 2.45) is 0 Å². The van der Waals surface area contributed by atoms with Crippen LogP contribution in [0.4, 0.5) is 8.78 Å². The maximum atomic E-state index is 14.5. The average Bonchev–Trinajstić information content (AvgIpc) is 3.20. The summed E-state index contributed by atoms with van der Waals surface area (Å²) in [5.74, 6) is -1.69. The highest BCUT2D eigenvalue weighted by molar-refractivity contribution is 6.34. The Hall–Kier alpha value is -3.24. The van der Waals surface area contributed by atoms with Gasteiger partial charge in [-0.15, -0.1) is 5.10 Å². The largest absolute Gasteiger partial charge is 0.383 e. The van der Waals surface area contributed by atoms with Crippen LogP contribution in [0.5, 0.6) is 0 Å². The Morgan fingerprint density at radius 3 is 2.77 bits per heavy atom. The summed E-state index contributed by atoms with van der Waals surface area (Å²) in [7, 11) is 0. The van der Waals surface area contributed by atoms with Crippen molar-refractivity contribution in [3.05, 3.63) is 81.6 Å². The van der Waals surface area contributed by atoms with Gasteiger partial charge in [-0.25, -0.2) is 23.1 Å². The van der Waals surface area contributed by atoms with Crippen LogP contribution in [-0.2, 0) is 18.7 Å². The zero-order valence-electron chi connectivity index (χ0n) is 15.4. The molecule has 4 rings (SSSR count). The van der Waals surface area contributed by atoms with Crippen molar-refractivity contribution in [1.29, 1.82) is 0 Å². The average molecular weight is 433 g/mol. The van der Waals surface area contributed by atoms with Crippen molar-refractivity contribution in [3.63, 3.8) is 0 Å². The second kappa shape index (κ2) is 7.88. The van der Waals surface area contributed by atoms with Gasteiger partial charge in [0.2, 0.25) is 0 Å². The first kappa shape index (κ1) is 20.0. The summed E-state index contributed by atoms with van der Waals surface area (Å²) in [6.45, 7) is -0.257. The van der Waals surface area contributed by atoms with E-state index in [-0.39, 0.29) is 36.0 Å². The van der Waals surface area contributed by atoms with E-state index in [1.54, 1.807) is 18.2 Å². The van der Waals surface area contributed by atoms with E-state index in [9.17, 15) is 18.7 Å². The summed E-state index contributed by atoms with van der Waals surface area (Å²) in [5.41, 5.74) is -2.15. The summed E-state index contributed by atoms with van der Waals surface area (Å²) >= 11 is 6.04. The monoisotopic (exact) mass is 432 g/mol. The summed E-state index contributed by atoms with van der Waals surface area (Å²) in [6.07, 6.45) is 2.50. The number of benzene rings is 2. The van der Waals surface area contributed by atoms with E-state index < -0.39 is 22.8 Å². The molecule has 0 amide bonds. The van der Waals surface area contributed by atoms with E-state index in [0.29, 0.717) is 11.1 Å². The molecule has 1 unspecified atom stereocenters. The standard InChI is InChI=1S/C19H15ClF2N6O2/c20-15-3-1-2-13-17(15)25-26-28(18(13)29)7-6-19(30,9-27-11-23-10-24-27)14-5-4-12(21)8-16(14)22/h1-5,8,10-11,30H,6-7,9H2. The van der Waals surface area contributed by atoms with Gasteiger partial charge in [0.15, 0.2) is 0 Å².